The Kier molecular flexibility index (Phi) is 6.60. The molecule has 23 heavy (non-hydrogen) atoms. The summed E-state index contributed by atoms with van der Waals surface area (Å²) in [6.07, 6.45) is 2.80. The number of carbonyl (C=O) groups excluding carboxylic acids is 1. The van der Waals surface area contributed by atoms with Gasteiger partial charge in [-0.2, -0.15) is 0 Å². The lowest BCUT2D eigenvalue weighted by atomic mass is 10.1. The number of aryl methyl sites for hydroxylation is 1. The number of methoxy groups -OCH3 is 1. The van der Waals surface area contributed by atoms with Crippen LogP contribution in [0.15, 0.2) is 48.5 Å². The van der Waals surface area contributed by atoms with Crippen molar-refractivity contribution in [3.05, 3.63) is 65.5 Å². The molecule has 122 valence electrons. The van der Waals surface area contributed by atoms with E-state index in [9.17, 15) is 9.18 Å². The topological polar surface area (TPSA) is 38.3 Å². The second kappa shape index (κ2) is 8.93. The van der Waals surface area contributed by atoms with E-state index in [1.807, 2.05) is 24.3 Å². The quantitative estimate of drug-likeness (QED) is 0.809. The van der Waals surface area contributed by atoms with Crippen LogP contribution in [-0.2, 0) is 17.6 Å². The lowest BCUT2D eigenvalue weighted by Gasteiger charge is -2.07. The Morgan fingerprint density at radius 2 is 1.87 bits per heavy atom. The fourth-order valence-electron chi connectivity index (χ4n) is 2.37. The molecule has 0 aliphatic carbocycles. The maximum Gasteiger partial charge on any atom is 0.220 e. The Hall–Kier alpha value is -2.36. The van der Waals surface area contributed by atoms with Gasteiger partial charge in [-0.25, -0.2) is 4.39 Å². The van der Waals surface area contributed by atoms with Crippen LogP contribution in [0, 0.1) is 5.82 Å². The Bertz CT molecular complexity index is 626. The van der Waals surface area contributed by atoms with Crippen molar-refractivity contribution in [2.45, 2.75) is 25.7 Å². The van der Waals surface area contributed by atoms with Crippen LogP contribution in [0.5, 0.6) is 5.75 Å². The highest BCUT2D eigenvalue weighted by Crippen LogP contribution is 2.12. The van der Waals surface area contributed by atoms with E-state index in [1.165, 1.54) is 12.1 Å². The highest BCUT2D eigenvalue weighted by atomic mass is 19.1. The van der Waals surface area contributed by atoms with Gasteiger partial charge in [0.05, 0.1) is 7.11 Å². The zero-order valence-corrected chi connectivity index (χ0v) is 13.3. The van der Waals surface area contributed by atoms with Crippen LogP contribution >= 0.6 is 0 Å². The van der Waals surface area contributed by atoms with Crippen molar-refractivity contribution in [2.75, 3.05) is 13.7 Å². The van der Waals surface area contributed by atoms with Gasteiger partial charge >= 0.3 is 0 Å². The molecule has 1 amide bonds. The third-order valence-corrected chi connectivity index (χ3v) is 3.65. The first kappa shape index (κ1) is 17.0. The Labute approximate surface area is 136 Å². The molecule has 3 nitrogen and oxygen atoms in total. The fourth-order valence-corrected chi connectivity index (χ4v) is 2.37. The first-order chi connectivity index (χ1) is 11.2. The third-order valence-electron chi connectivity index (χ3n) is 3.65. The van der Waals surface area contributed by atoms with Crippen LogP contribution in [0.25, 0.3) is 0 Å². The summed E-state index contributed by atoms with van der Waals surface area (Å²) < 4.78 is 18.0. The predicted molar refractivity (Wildman–Crippen MR) is 89.0 cm³/mol. The lowest BCUT2D eigenvalue weighted by molar-refractivity contribution is -0.121. The van der Waals surface area contributed by atoms with Gasteiger partial charge in [0.25, 0.3) is 0 Å². The monoisotopic (exact) mass is 315 g/mol. The maximum atomic E-state index is 12.8. The molecule has 4 heteroatoms. The number of hydrogen-bond donors (Lipinski definition) is 1. The smallest absolute Gasteiger partial charge is 0.220 e. The van der Waals surface area contributed by atoms with Crippen molar-refractivity contribution in [2.24, 2.45) is 0 Å². The van der Waals surface area contributed by atoms with Crippen LogP contribution in [0.3, 0.4) is 0 Å². The maximum absolute atomic E-state index is 12.8. The molecular weight excluding hydrogens is 293 g/mol. The molecule has 2 aromatic rings. The van der Waals surface area contributed by atoms with Crippen molar-refractivity contribution in [3.8, 4) is 5.75 Å². The Morgan fingerprint density at radius 3 is 2.61 bits per heavy atom. The summed E-state index contributed by atoms with van der Waals surface area (Å²) >= 11 is 0. The molecule has 0 aliphatic heterocycles. The van der Waals surface area contributed by atoms with E-state index in [0.717, 1.165) is 36.1 Å². The Balaban J connectivity index is 1.64. The number of benzene rings is 2. The van der Waals surface area contributed by atoms with Gasteiger partial charge in [-0.15, -0.1) is 0 Å². The average Bonchev–Trinajstić information content (AvgIpc) is 2.57. The molecule has 0 bridgehead atoms. The van der Waals surface area contributed by atoms with Crippen molar-refractivity contribution in [1.29, 1.82) is 0 Å². The minimum atomic E-state index is -0.232. The van der Waals surface area contributed by atoms with Crippen LogP contribution in [0.4, 0.5) is 4.39 Å². The van der Waals surface area contributed by atoms with Crippen molar-refractivity contribution < 1.29 is 13.9 Å². The van der Waals surface area contributed by atoms with E-state index in [0.29, 0.717) is 13.0 Å². The second-order valence-electron chi connectivity index (χ2n) is 5.43. The van der Waals surface area contributed by atoms with Gasteiger partial charge in [-0.05, 0) is 54.7 Å². The molecule has 0 unspecified atom stereocenters. The van der Waals surface area contributed by atoms with Crippen LogP contribution in [-0.4, -0.2) is 19.6 Å². The van der Waals surface area contributed by atoms with Crippen LogP contribution in [0.2, 0.25) is 0 Å². The summed E-state index contributed by atoms with van der Waals surface area (Å²) in [6, 6.07) is 14.2. The van der Waals surface area contributed by atoms with Crippen molar-refractivity contribution in [3.63, 3.8) is 0 Å². The zero-order valence-electron chi connectivity index (χ0n) is 13.3. The molecular formula is C19H22FNO2. The SMILES string of the molecule is COc1cccc(CCNC(=O)CCCc2ccc(F)cc2)c1. The van der Waals surface area contributed by atoms with Gasteiger partial charge in [-0.3, -0.25) is 4.79 Å². The minimum absolute atomic E-state index is 0.0509. The molecule has 0 saturated carbocycles. The third kappa shape index (κ3) is 6.10. The summed E-state index contributed by atoms with van der Waals surface area (Å²) in [5, 5.41) is 2.92. The summed E-state index contributed by atoms with van der Waals surface area (Å²) in [6.45, 7) is 0.614. The number of nitrogens with one attached hydrogen (secondary N) is 1. The van der Waals surface area contributed by atoms with E-state index < -0.39 is 0 Å². The largest absolute Gasteiger partial charge is 0.497 e. The number of rotatable bonds is 8. The number of hydrogen-bond acceptors (Lipinski definition) is 2. The van der Waals surface area contributed by atoms with Gasteiger partial charge in [0.2, 0.25) is 5.91 Å². The zero-order chi connectivity index (χ0) is 16.5. The number of halogens is 1. The molecule has 0 aliphatic rings. The molecule has 2 rings (SSSR count). The molecule has 2 aromatic carbocycles. The fraction of sp³-hybridized carbons (Fsp3) is 0.316. The molecule has 0 saturated heterocycles. The molecule has 0 atom stereocenters. The van der Waals surface area contributed by atoms with Gasteiger partial charge in [0.1, 0.15) is 11.6 Å². The summed E-state index contributed by atoms with van der Waals surface area (Å²) in [5.41, 5.74) is 2.19. The van der Waals surface area contributed by atoms with Crippen LogP contribution in [0.1, 0.15) is 24.0 Å². The predicted octanol–water partition coefficient (Wildman–Crippen LogP) is 3.52. The molecule has 0 spiro atoms. The van der Waals surface area contributed by atoms with Crippen LogP contribution < -0.4 is 10.1 Å². The molecule has 0 radical (unpaired) electrons. The molecule has 1 N–H and O–H groups in total. The summed E-state index contributed by atoms with van der Waals surface area (Å²) in [7, 11) is 1.64. The van der Waals surface area contributed by atoms with Gasteiger partial charge in [-0.1, -0.05) is 24.3 Å². The van der Waals surface area contributed by atoms with E-state index in [-0.39, 0.29) is 11.7 Å². The standard InChI is InChI=1S/C19H22FNO2/c1-23-18-6-2-5-16(14-18)12-13-21-19(22)7-3-4-15-8-10-17(20)11-9-15/h2,5-6,8-11,14H,3-4,7,12-13H2,1H3,(H,21,22). The lowest BCUT2D eigenvalue weighted by Crippen LogP contribution is -2.25. The van der Waals surface area contributed by atoms with Gasteiger partial charge in [0, 0.05) is 13.0 Å². The molecule has 0 heterocycles. The van der Waals surface area contributed by atoms with E-state index in [1.54, 1.807) is 19.2 Å². The first-order valence-corrected chi connectivity index (χ1v) is 7.81. The van der Waals surface area contributed by atoms with Crippen molar-refractivity contribution in [1.82, 2.24) is 5.32 Å². The molecule has 0 fully saturated rings. The van der Waals surface area contributed by atoms with E-state index in [2.05, 4.69) is 5.32 Å². The average molecular weight is 315 g/mol. The van der Waals surface area contributed by atoms with Crippen molar-refractivity contribution >= 4 is 5.91 Å². The second-order valence-corrected chi connectivity index (χ2v) is 5.43. The number of ether oxygens (including phenoxy) is 1. The number of carbonyl (C=O) groups is 1. The normalized spacial score (nSPS) is 10.3. The summed E-state index contributed by atoms with van der Waals surface area (Å²) in [5.74, 6) is 0.646. The number of amides is 1. The summed E-state index contributed by atoms with van der Waals surface area (Å²) in [4.78, 5) is 11.8. The first-order valence-electron chi connectivity index (χ1n) is 7.81. The minimum Gasteiger partial charge on any atom is -0.497 e. The van der Waals surface area contributed by atoms with E-state index in [4.69, 9.17) is 4.74 Å². The van der Waals surface area contributed by atoms with Gasteiger partial charge < -0.3 is 10.1 Å². The van der Waals surface area contributed by atoms with Gasteiger partial charge in [0.15, 0.2) is 0 Å². The molecule has 0 aromatic heterocycles. The Morgan fingerprint density at radius 1 is 1.09 bits per heavy atom. The van der Waals surface area contributed by atoms with E-state index >= 15 is 0 Å². The highest BCUT2D eigenvalue weighted by molar-refractivity contribution is 5.75. The highest BCUT2D eigenvalue weighted by Gasteiger charge is 2.02.